The number of rotatable bonds is 6. The molecule has 1 aromatic rings. The minimum atomic E-state index is -0.728. The highest BCUT2D eigenvalue weighted by Gasteiger charge is 2.45. The minimum absolute atomic E-state index is 0.120. The predicted octanol–water partition coefficient (Wildman–Crippen LogP) is -0.470. The first-order valence-electron chi connectivity index (χ1n) is 10.6. The Balaban J connectivity index is 1.82. The van der Waals surface area contributed by atoms with Gasteiger partial charge in [-0.3, -0.25) is 14.5 Å². The Bertz CT molecular complexity index is 761. The molecule has 0 radical (unpaired) electrons. The van der Waals surface area contributed by atoms with Crippen molar-refractivity contribution in [1.82, 2.24) is 30.1 Å². The number of aromatic nitrogens is 3. The van der Waals surface area contributed by atoms with E-state index in [2.05, 4.69) is 20.5 Å². The number of nitrogens with zero attached hydrogens (tertiary/aromatic N) is 5. The van der Waals surface area contributed by atoms with Gasteiger partial charge in [-0.25, -0.2) is 4.68 Å². The van der Waals surface area contributed by atoms with Crippen LogP contribution in [0.5, 0.6) is 0 Å². The Hall–Kier alpha value is -2.04. The molecule has 1 aromatic heterocycles. The fraction of sp³-hybridized carbons (Fsp3) is 0.800. The number of aliphatic hydroxyl groups is 2. The molecule has 3 heterocycles. The summed E-state index contributed by atoms with van der Waals surface area (Å²) in [5.41, 5.74) is 0.256. The van der Waals surface area contributed by atoms with Gasteiger partial charge in [0, 0.05) is 32.6 Å². The smallest absolute Gasteiger partial charge is 0.248 e. The number of β-amino-alcohol motifs (C(OH)–C–C–N with tert-alkyl or cyclic N) is 1. The molecule has 0 saturated carbocycles. The van der Waals surface area contributed by atoms with Crippen LogP contribution < -0.4 is 5.32 Å². The lowest BCUT2D eigenvalue weighted by Gasteiger charge is -2.34. The van der Waals surface area contributed by atoms with Crippen LogP contribution in [0.3, 0.4) is 0 Å². The number of carbonyl (C=O) groups is 2. The van der Waals surface area contributed by atoms with E-state index in [1.807, 2.05) is 20.8 Å². The van der Waals surface area contributed by atoms with Gasteiger partial charge >= 0.3 is 0 Å². The number of hydrogen-bond donors (Lipinski definition) is 3. The monoisotopic (exact) mass is 422 g/mol. The highest BCUT2D eigenvalue weighted by molar-refractivity contribution is 5.90. The van der Waals surface area contributed by atoms with Crippen LogP contribution in [0.2, 0.25) is 0 Å². The van der Waals surface area contributed by atoms with Gasteiger partial charge in [-0.1, -0.05) is 26.0 Å². The summed E-state index contributed by atoms with van der Waals surface area (Å²) in [5, 5.41) is 30.7. The summed E-state index contributed by atoms with van der Waals surface area (Å²) in [5.74, 6) is -0.533. The number of aliphatic hydroxyl groups excluding tert-OH is 2. The summed E-state index contributed by atoms with van der Waals surface area (Å²) in [7, 11) is 1.53. The van der Waals surface area contributed by atoms with Crippen molar-refractivity contribution in [1.29, 1.82) is 0 Å². The summed E-state index contributed by atoms with van der Waals surface area (Å²) in [6.07, 6.45) is 3.28. The molecule has 168 valence electrons. The number of likely N-dealkylation sites (N-methyl/N-ethyl adjacent to an activating group) is 1. The Morgan fingerprint density at radius 1 is 1.37 bits per heavy atom. The second-order valence-electron chi connectivity index (χ2n) is 9.42. The van der Waals surface area contributed by atoms with E-state index in [0.29, 0.717) is 6.54 Å². The van der Waals surface area contributed by atoms with E-state index >= 15 is 0 Å². The first kappa shape index (κ1) is 22.6. The molecular formula is C20H34N6O4. The van der Waals surface area contributed by atoms with Crippen LogP contribution >= 0.6 is 0 Å². The largest absolute Gasteiger partial charge is 0.395 e. The molecule has 2 saturated heterocycles. The van der Waals surface area contributed by atoms with Crippen molar-refractivity contribution in [3.8, 4) is 0 Å². The number of carbonyl (C=O) groups excluding carboxylic acids is 2. The fourth-order valence-corrected chi connectivity index (χ4v) is 4.54. The van der Waals surface area contributed by atoms with Gasteiger partial charge in [0.15, 0.2) is 0 Å². The molecule has 4 atom stereocenters. The van der Waals surface area contributed by atoms with E-state index < -0.39 is 23.6 Å². The number of likely N-dealkylation sites (tertiary alicyclic amines) is 2. The van der Waals surface area contributed by atoms with Crippen LogP contribution in [-0.4, -0.2) is 91.8 Å². The Labute approximate surface area is 177 Å². The second kappa shape index (κ2) is 8.99. The van der Waals surface area contributed by atoms with E-state index in [9.17, 15) is 19.8 Å². The van der Waals surface area contributed by atoms with E-state index in [0.717, 1.165) is 25.1 Å². The van der Waals surface area contributed by atoms with E-state index in [4.69, 9.17) is 0 Å². The zero-order valence-corrected chi connectivity index (χ0v) is 18.3. The van der Waals surface area contributed by atoms with Crippen LogP contribution in [0, 0.1) is 5.41 Å². The SMILES string of the molecule is CNC(=O)[C@H]1C[C@H](O)CN1C(=O)[C@@H](n1cc(CN2CCCC2CO)nn1)C(C)(C)C. The maximum Gasteiger partial charge on any atom is 0.248 e. The second-order valence-corrected chi connectivity index (χ2v) is 9.42. The van der Waals surface area contributed by atoms with Gasteiger partial charge in [0.05, 0.1) is 24.6 Å². The molecule has 1 unspecified atom stereocenters. The van der Waals surface area contributed by atoms with Crippen molar-refractivity contribution in [2.75, 3.05) is 26.7 Å². The summed E-state index contributed by atoms with van der Waals surface area (Å²) in [6, 6.07) is -1.22. The summed E-state index contributed by atoms with van der Waals surface area (Å²) in [4.78, 5) is 29.4. The molecule has 10 nitrogen and oxygen atoms in total. The number of hydrogen-bond acceptors (Lipinski definition) is 7. The zero-order valence-electron chi connectivity index (χ0n) is 18.3. The molecular weight excluding hydrogens is 388 g/mol. The molecule has 30 heavy (non-hydrogen) atoms. The van der Waals surface area contributed by atoms with Gasteiger partial charge in [-0.2, -0.15) is 0 Å². The fourth-order valence-electron chi connectivity index (χ4n) is 4.54. The Morgan fingerprint density at radius 3 is 2.73 bits per heavy atom. The zero-order chi connectivity index (χ0) is 22.1. The topological polar surface area (TPSA) is 124 Å². The quantitative estimate of drug-likeness (QED) is 0.566. The van der Waals surface area contributed by atoms with Crippen LogP contribution in [0.25, 0.3) is 0 Å². The van der Waals surface area contributed by atoms with Crippen molar-refractivity contribution in [2.45, 2.75) is 70.8 Å². The molecule has 2 amide bonds. The average Bonchev–Trinajstić information content (AvgIpc) is 3.40. The lowest BCUT2D eigenvalue weighted by atomic mass is 9.85. The summed E-state index contributed by atoms with van der Waals surface area (Å²) in [6.45, 7) is 7.55. The number of nitrogens with one attached hydrogen (secondary N) is 1. The highest BCUT2D eigenvalue weighted by atomic mass is 16.3. The van der Waals surface area contributed by atoms with Crippen molar-refractivity contribution >= 4 is 11.8 Å². The van der Waals surface area contributed by atoms with Gasteiger partial charge in [-0.15, -0.1) is 5.10 Å². The van der Waals surface area contributed by atoms with E-state index in [-0.39, 0.29) is 37.4 Å². The predicted molar refractivity (Wildman–Crippen MR) is 109 cm³/mol. The van der Waals surface area contributed by atoms with Gasteiger partial charge in [0.1, 0.15) is 12.1 Å². The molecule has 2 aliphatic rings. The van der Waals surface area contributed by atoms with Gasteiger partial charge < -0.3 is 20.4 Å². The van der Waals surface area contributed by atoms with Gasteiger partial charge in [-0.05, 0) is 24.8 Å². The van der Waals surface area contributed by atoms with Crippen molar-refractivity contribution in [2.24, 2.45) is 5.41 Å². The van der Waals surface area contributed by atoms with Gasteiger partial charge in [0.2, 0.25) is 11.8 Å². The molecule has 0 aliphatic carbocycles. The highest BCUT2D eigenvalue weighted by Crippen LogP contribution is 2.34. The van der Waals surface area contributed by atoms with Crippen molar-refractivity contribution < 1.29 is 19.8 Å². The average molecular weight is 423 g/mol. The summed E-state index contributed by atoms with van der Waals surface area (Å²) >= 11 is 0. The molecule has 2 aliphatic heterocycles. The van der Waals surface area contributed by atoms with Gasteiger partial charge in [0.25, 0.3) is 0 Å². The van der Waals surface area contributed by atoms with Crippen LogP contribution in [0.15, 0.2) is 6.20 Å². The number of amides is 2. The molecule has 10 heteroatoms. The lowest BCUT2D eigenvalue weighted by Crippen LogP contribution is -2.49. The third-order valence-electron chi connectivity index (χ3n) is 6.06. The molecule has 0 bridgehead atoms. The molecule has 3 N–H and O–H groups in total. The van der Waals surface area contributed by atoms with Crippen molar-refractivity contribution in [3.63, 3.8) is 0 Å². The standard InChI is InChI=1S/C20H34N6O4/c1-20(2,3)17(19(30)25-11-15(28)8-16(25)18(29)21-4)26-10-13(22-23-26)9-24-7-5-6-14(24)12-27/h10,14-17,27-28H,5-9,11-12H2,1-4H3,(H,21,29)/t14?,15-,16+,17+/m0/s1. The maximum absolute atomic E-state index is 13.5. The van der Waals surface area contributed by atoms with Crippen molar-refractivity contribution in [3.05, 3.63) is 11.9 Å². The van der Waals surface area contributed by atoms with Crippen LogP contribution in [-0.2, 0) is 16.1 Å². The first-order valence-corrected chi connectivity index (χ1v) is 10.6. The normalized spacial score (nSPS) is 26.2. The van der Waals surface area contributed by atoms with E-state index in [1.54, 1.807) is 10.9 Å². The minimum Gasteiger partial charge on any atom is -0.395 e. The molecule has 3 rings (SSSR count). The molecule has 0 aromatic carbocycles. The third kappa shape index (κ3) is 4.65. The van der Waals surface area contributed by atoms with Crippen LogP contribution in [0.4, 0.5) is 0 Å². The third-order valence-corrected chi connectivity index (χ3v) is 6.06. The molecule has 2 fully saturated rings. The molecule has 0 spiro atoms. The Morgan fingerprint density at radius 2 is 2.10 bits per heavy atom. The van der Waals surface area contributed by atoms with Crippen LogP contribution in [0.1, 0.15) is 51.8 Å². The Kier molecular flexibility index (Phi) is 6.78. The lowest BCUT2D eigenvalue weighted by molar-refractivity contribution is -0.144. The maximum atomic E-state index is 13.5. The summed E-state index contributed by atoms with van der Waals surface area (Å²) < 4.78 is 1.58. The van der Waals surface area contributed by atoms with E-state index in [1.165, 1.54) is 11.9 Å². The first-order chi connectivity index (χ1) is 14.2.